The number of unbranched alkanes of at least 4 members (excludes halogenated alkanes) is 2. The largest absolute Gasteiger partial charge is 0.508 e. The monoisotopic (exact) mass is 872 g/mol. The van der Waals surface area contributed by atoms with Gasteiger partial charge in [-0.25, -0.2) is 0 Å². The van der Waals surface area contributed by atoms with Gasteiger partial charge in [0.2, 0.25) is 5.78 Å². The van der Waals surface area contributed by atoms with Crippen molar-refractivity contribution in [1.29, 1.82) is 0 Å². The number of aromatic nitrogens is 1. The number of hydrogen-bond acceptors (Lipinski definition) is 11. The number of nitrogens with zero attached hydrogens (tertiary/aromatic N) is 2. The Labute approximate surface area is 350 Å². The van der Waals surface area contributed by atoms with E-state index in [2.05, 4.69) is 107 Å². The lowest BCUT2D eigenvalue weighted by Crippen LogP contribution is -2.65. The molecule has 3 N–H and O–H groups in total. The van der Waals surface area contributed by atoms with Gasteiger partial charge in [-0.1, -0.05) is 75.2 Å². The van der Waals surface area contributed by atoms with Crippen molar-refractivity contribution in [2.75, 3.05) is 45.7 Å². The van der Waals surface area contributed by atoms with E-state index in [4.69, 9.17) is 18.4 Å². The van der Waals surface area contributed by atoms with E-state index in [0.29, 0.717) is 61.5 Å². The number of hydrogen-bond donors (Lipinski definition) is 3. The first-order valence-electron chi connectivity index (χ1n) is 21.2. The molecule has 0 spiro atoms. The number of nitrogens with one attached hydrogen (secondary N) is 2. The van der Waals surface area contributed by atoms with Crippen LogP contribution in [0.3, 0.4) is 0 Å². The molecule has 4 atom stereocenters. The quantitative estimate of drug-likeness (QED) is 0.0976. The summed E-state index contributed by atoms with van der Waals surface area (Å²) < 4.78 is 27.0. The highest BCUT2D eigenvalue weighted by Gasteiger charge is 2.67. The van der Waals surface area contributed by atoms with Gasteiger partial charge in [0.15, 0.2) is 25.5 Å². The van der Waals surface area contributed by atoms with Gasteiger partial charge in [0, 0.05) is 34.6 Å². The van der Waals surface area contributed by atoms with Crippen LogP contribution in [-0.4, -0.2) is 81.0 Å². The lowest BCUT2D eigenvalue weighted by Gasteiger charge is -2.55. The number of aliphatic hydroxyl groups excluding tert-OH is 1. The first-order chi connectivity index (χ1) is 26.7. The number of ketones is 2. The minimum absolute atomic E-state index is 0.0997. The number of halogens is 1. The number of carbonyl (C=O) groups is 2. The highest BCUT2D eigenvalue weighted by Crippen LogP contribution is 2.60. The van der Waals surface area contributed by atoms with Crippen LogP contribution in [0.25, 0.3) is 0 Å². The van der Waals surface area contributed by atoms with Crippen molar-refractivity contribution in [3.05, 3.63) is 43.8 Å². The zero-order valence-electron chi connectivity index (χ0n) is 36.8. The van der Waals surface area contributed by atoms with E-state index in [1.807, 2.05) is 19.0 Å². The van der Waals surface area contributed by atoms with Crippen molar-refractivity contribution >= 4 is 41.5 Å². The van der Waals surface area contributed by atoms with Crippen molar-refractivity contribution in [1.82, 2.24) is 15.4 Å². The highest BCUT2D eigenvalue weighted by molar-refractivity contribution is 9.10. The molecule has 13 heteroatoms. The molecule has 1 heterocycles. The fraction of sp³-hybridized carbons (Fsp3) is 0.705. The van der Waals surface area contributed by atoms with E-state index in [1.54, 1.807) is 0 Å². The van der Waals surface area contributed by atoms with Gasteiger partial charge in [-0.3, -0.25) is 14.5 Å². The summed E-state index contributed by atoms with van der Waals surface area (Å²) in [6.07, 6.45) is 4.27. The first kappa shape index (κ1) is 45.4. The van der Waals surface area contributed by atoms with Crippen LogP contribution in [0.2, 0.25) is 18.1 Å². The summed E-state index contributed by atoms with van der Waals surface area (Å²) in [7, 11) is 1.04. The molecule has 3 aliphatic carbocycles. The van der Waals surface area contributed by atoms with E-state index in [0.717, 1.165) is 60.1 Å². The second-order valence-corrected chi connectivity index (χ2v) is 24.5. The molecule has 318 valence electrons. The Morgan fingerprint density at radius 1 is 1.02 bits per heavy atom. The van der Waals surface area contributed by atoms with Crippen LogP contribution in [0.15, 0.2) is 20.3 Å². The third-order valence-corrected chi connectivity index (χ3v) is 17.6. The zero-order chi connectivity index (χ0) is 42.2. The fourth-order valence-corrected chi connectivity index (χ4v) is 10.5. The number of benzene rings is 1. The number of fused-ring (bicyclic) bond motifs is 4. The number of Topliss-reactive ketones (excluding diaryl/α,β-unsaturated/α-hetero) is 2. The van der Waals surface area contributed by atoms with Gasteiger partial charge in [-0.05, 0) is 109 Å². The molecule has 0 amide bonds. The number of aliphatic hydroxyl groups is 1. The van der Waals surface area contributed by atoms with Crippen LogP contribution < -0.4 is 20.1 Å². The SMILES string of the molecule is CCCCOc1noc2c1C(=O)[C@@]1(O[Si](C)(C)C(C)(C)C)C(O)=C3C(=O)c4c(c(Br)c(NCC(C)C)c(CNCC(C)C)c4OCCCC)C[C@H]3C[C@H]1[C@@H]2N(C)C. The molecule has 0 radical (unpaired) electrons. The van der Waals surface area contributed by atoms with Gasteiger partial charge < -0.3 is 34.2 Å². The minimum atomic E-state index is -2.84. The Bertz CT molecular complexity index is 1830. The van der Waals surface area contributed by atoms with Crippen molar-refractivity contribution in [2.45, 2.75) is 137 Å². The second kappa shape index (κ2) is 17.9. The molecular weight excluding hydrogens is 804 g/mol. The molecule has 0 aliphatic heterocycles. The lowest BCUT2D eigenvalue weighted by atomic mass is 9.58. The van der Waals surface area contributed by atoms with E-state index < -0.39 is 37.6 Å². The molecule has 1 aromatic carbocycles. The summed E-state index contributed by atoms with van der Waals surface area (Å²) in [5.74, 6) is -0.272. The molecule has 0 fully saturated rings. The maximum atomic E-state index is 15.5. The zero-order valence-corrected chi connectivity index (χ0v) is 39.4. The van der Waals surface area contributed by atoms with Crippen LogP contribution >= 0.6 is 15.9 Å². The summed E-state index contributed by atoms with van der Waals surface area (Å²) in [5.41, 5.74) is 1.61. The summed E-state index contributed by atoms with van der Waals surface area (Å²) in [6, 6.07) is -0.507. The molecule has 57 heavy (non-hydrogen) atoms. The number of allylic oxidation sites excluding steroid dienone is 1. The fourth-order valence-electron chi connectivity index (χ4n) is 8.29. The van der Waals surface area contributed by atoms with E-state index in [1.165, 1.54) is 0 Å². The number of carbonyl (C=O) groups excluding carboxylic acids is 2. The summed E-state index contributed by atoms with van der Waals surface area (Å²) in [4.78, 5) is 33.1. The van der Waals surface area contributed by atoms with Gasteiger partial charge in [0.25, 0.3) is 5.88 Å². The summed E-state index contributed by atoms with van der Waals surface area (Å²) in [5, 5.41) is 24.4. The Balaban J connectivity index is 1.81. The number of ether oxygens (including phenoxy) is 2. The minimum Gasteiger partial charge on any atom is -0.508 e. The standard InChI is InChI=1S/C44H69BrN4O7Si/c1-14-16-18-53-38-29(24-46-22-25(3)4)35(47-23-26(5)6)34(45)28-20-27-21-30-36(49(10)11)39-33(42(48-55-39)54-19-17-15-2)41(52)44(30,56-57(12,13)43(7,8)9)40(51)31(27)37(50)32(28)38/h25-27,30,36,46-47,51H,14-24H2,1-13H3/t27-,30-,36-,44-/m0/s1. The van der Waals surface area contributed by atoms with Crippen molar-refractivity contribution < 1.29 is 33.1 Å². The molecule has 3 aliphatic rings. The van der Waals surface area contributed by atoms with Crippen molar-refractivity contribution in [2.24, 2.45) is 23.7 Å². The first-order valence-corrected chi connectivity index (χ1v) is 24.9. The van der Waals surface area contributed by atoms with E-state index in [9.17, 15) is 5.11 Å². The van der Waals surface area contributed by atoms with E-state index in [-0.39, 0.29) is 33.6 Å². The predicted octanol–water partition coefficient (Wildman–Crippen LogP) is 10.1. The average Bonchev–Trinajstić information content (AvgIpc) is 3.53. The second-order valence-electron chi connectivity index (χ2n) is 19.0. The van der Waals surface area contributed by atoms with Crippen LogP contribution in [0.5, 0.6) is 11.6 Å². The molecule has 0 unspecified atom stereocenters. The molecule has 0 saturated heterocycles. The van der Waals surface area contributed by atoms with Gasteiger partial charge in [0.1, 0.15) is 17.1 Å². The van der Waals surface area contributed by atoms with Gasteiger partial charge >= 0.3 is 0 Å². The third-order valence-electron chi connectivity index (χ3n) is 12.3. The van der Waals surface area contributed by atoms with Crippen molar-refractivity contribution in [3.8, 4) is 11.6 Å². The normalized spacial score (nSPS) is 22.2. The Hall–Kier alpha value is -2.71. The molecule has 5 rings (SSSR count). The smallest absolute Gasteiger partial charge is 0.265 e. The van der Waals surface area contributed by atoms with Crippen molar-refractivity contribution in [3.63, 3.8) is 0 Å². The van der Waals surface area contributed by atoms with Crippen LogP contribution in [0.4, 0.5) is 5.69 Å². The molecule has 1 aromatic heterocycles. The maximum Gasteiger partial charge on any atom is 0.265 e. The van der Waals surface area contributed by atoms with Gasteiger partial charge in [-0.15, -0.1) is 0 Å². The molecule has 11 nitrogen and oxygen atoms in total. The predicted molar refractivity (Wildman–Crippen MR) is 232 cm³/mol. The van der Waals surface area contributed by atoms with Gasteiger partial charge in [0.05, 0.1) is 30.5 Å². The average molecular weight is 874 g/mol. The molecule has 0 saturated carbocycles. The van der Waals surface area contributed by atoms with Gasteiger partial charge in [-0.2, -0.15) is 0 Å². The maximum absolute atomic E-state index is 15.5. The van der Waals surface area contributed by atoms with E-state index >= 15 is 9.59 Å². The lowest BCUT2D eigenvalue weighted by molar-refractivity contribution is -0.0480. The van der Waals surface area contributed by atoms with Crippen LogP contribution in [-0.2, 0) is 17.4 Å². The third kappa shape index (κ3) is 8.52. The highest BCUT2D eigenvalue weighted by atomic mass is 79.9. The van der Waals surface area contributed by atoms with Crippen LogP contribution in [0, 0.1) is 23.7 Å². The molecule has 0 bridgehead atoms. The molecular formula is C44H69BrN4O7Si. The molecule has 2 aromatic rings. The summed E-state index contributed by atoms with van der Waals surface area (Å²) in [6.45, 7) is 26.2. The summed E-state index contributed by atoms with van der Waals surface area (Å²) >= 11 is 4.00. The number of anilines is 1. The number of rotatable bonds is 18. The topological polar surface area (TPSA) is 135 Å². The Morgan fingerprint density at radius 3 is 2.23 bits per heavy atom. The Kier molecular flexibility index (Phi) is 14.2. The Morgan fingerprint density at radius 2 is 1.65 bits per heavy atom. The van der Waals surface area contributed by atoms with Crippen LogP contribution in [0.1, 0.15) is 138 Å².